The highest BCUT2D eigenvalue weighted by molar-refractivity contribution is 6.13. The van der Waals surface area contributed by atoms with Crippen molar-refractivity contribution in [3.8, 4) is 0 Å². The Bertz CT molecular complexity index is 1500. The maximum absolute atomic E-state index is 13.1. The number of carbonyl (C=O) groups is 2. The molecule has 1 amide bonds. The van der Waals surface area contributed by atoms with Crippen LogP contribution in [0.2, 0.25) is 0 Å². The number of carboxylic acid groups (broad SMARTS) is 1. The average Bonchev–Trinajstić information content (AvgIpc) is 3.37. The van der Waals surface area contributed by atoms with Gasteiger partial charge in [-0.25, -0.2) is 0 Å². The number of nitrogens with zero attached hydrogens (tertiary/aromatic N) is 1. The Labute approximate surface area is 256 Å². The van der Waals surface area contributed by atoms with E-state index in [-0.39, 0.29) is 5.91 Å². The summed E-state index contributed by atoms with van der Waals surface area (Å²) in [5, 5.41) is 14.6. The molecule has 1 heterocycles. The highest BCUT2D eigenvalue weighted by Crippen LogP contribution is 2.35. The van der Waals surface area contributed by atoms with Crippen molar-refractivity contribution < 1.29 is 19.1 Å². The normalized spacial score (nSPS) is 14.5. The van der Waals surface area contributed by atoms with E-state index in [4.69, 9.17) is 9.52 Å². The third-order valence-electron chi connectivity index (χ3n) is 8.70. The first kappa shape index (κ1) is 32.3. The molecule has 1 atom stereocenters. The van der Waals surface area contributed by atoms with Crippen molar-refractivity contribution in [1.82, 2.24) is 4.90 Å². The summed E-state index contributed by atoms with van der Waals surface area (Å²) >= 11 is 0. The number of fused-ring (bicyclic) bond motifs is 4. The molecule has 1 aromatic heterocycles. The summed E-state index contributed by atoms with van der Waals surface area (Å²) < 4.78 is 6.15. The number of aliphatic carboxylic acids is 1. The summed E-state index contributed by atoms with van der Waals surface area (Å²) in [5.41, 5.74) is 3.68. The van der Waals surface area contributed by atoms with Crippen molar-refractivity contribution >= 4 is 39.3 Å². The van der Waals surface area contributed by atoms with Gasteiger partial charge in [0.1, 0.15) is 11.3 Å². The maximum Gasteiger partial charge on any atom is 0.303 e. The van der Waals surface area contributed by atoms with Crippen molar-refractivity contribution in [1.29, 1.82) is 0 Å². The van der Waals surface area contributed by atoms with E-state index in [1.54, 1.807) is 0 Å². The Balaban J connectivity index is 0.000000301. The van der Waals surface area contributed by atoms with E-state index in [2.05, 4.69) is 44.1 Å². The van der Waals surface area contributed by atoms with Crippen LogP contribution >= 0.6 is 0 Å². The number of aryl methyl sites for hydroxylation is 1. The van der Waals surface area contributed by atoms with Gasteiger partial charge in [-0.05, 0) is 75.2 Å². The first-order valence-corrected chi connectivity index (χ1v) is 16.1. The Morgan fingerprint density at radius 3 is 2.42 bits per heavy atom. The zero-order valence-corrected chi connectivity index (χ0v) is 26.3. The number of carbonyl (C=O) groups excluding carboxylic acids is 1. The van der Waals surface area contributed by atoms with Crippen molar-refractivity contribution in [3.63, 3.8) is 0 Å². The van der Waals surface area contributed by atoms with Gasteiger partial charge >= 0.3 is 5.97 Å². The van der Waals surface area contributed by atoms with Crippen molar-refractivity contribution in [3.05, 3.63) is 77.6 Å². The van der Waals surface area contributed by atoms with Gasteiger partial charge < -0.3 is 19.7 Å². The van der Waals surface area contributed by atoms with Gasteiger partial charge in [-0.3, -0.25) is 9.59 Å². The fourth-order valence-corrected chi connectivity index (χ4v) is 5.96. The molecule has 5 rings (SSSR count). The minimum atomic E-state index is -0.663. The predicted molar refractivity (Wildman–Crippen MR) is 177 cm³/mol. The van der Waals surface area contributed by atoms with E-state index >= 15 is 0 Å². The topological polar surface area (TPSA) is 82.8 Å². The summed E-state index contributed by atoms with van der Waals surface area (Å²) in [6.07, 6.45) is 11.7. The molecule has 43 heavy (non-hydrogen) atoms. The minimum absolute atomic E-state index is 0.0917. The molecular formula is C37H48N2O4. The van der Waals surface area contributed by atoms with Gasteiger partial charge in [0.25, 0.3) is 5.91 Å². The first-order chi connectivity index (χ1) is 20.8. The number of likely N-dealkylation sites (N-methyl/N-ethyl adjacent to an activating group) is 1. The molecule has 2 N–H and O–H groups in total. The van der Waals surface area contributed by atoms with Crippen molar-refractivity contribution in [2.24, 2.45) is 0 Å². The van der Waals surface area contributed by atoms with Crippen LogP contribution in [0.5, 0.6) is 0 Å². The van der Waals surface area contributed by atoms with Gasteiger partial charge in [0, 0.05) is 47.1 Å². The number of rotatable bonds is 12. The van der Waals surface area contributed by atoms with Crippen LogP contribution < -0.4 is 5.32 Å². The molecule has 1 unspecified atom stereocenters. The predicted octanol–water partition coefficient (Wildman–Crippen LogP) is 9.25. The van der Waals surface area contributed by atoms with Crippen LogP contribution in [0.15, 0.2) is 65.1 Å². The molecule has 230 valence electrons. The molecule has 6 heteroatoms. The van der Waals surface area contributed by atoms with Crippen LogP contribution in [0, 0.1) is 0 Å². The lowest BCUT2D eigenvalue weighted by molar-refractivity contribution is -0.137. The summed E-state index contributed by atoms with van der Waals surface area (Å²) in [5.74, 6) is 0.343. The van der Waals surface area contributed by atoms with Gasteiger partial charge in [0.2, 0.25) is 0 Å². The number of hydrogen-bond acceptors (Lipinski definition) is 4. The maximum atomic E-state index is 13.1. The molecule has 0 saturated heterocycles. The molecule has 0 spiro atoms. The van der Waals surface area contributed by atoms with E-state index in [9.17, 15) is 9.59 Å². The first-order valence-electron chi connectivity index (χ1n) is 16.1. The summed E-state index contributed by atoms with van der Waals surface area (Å²) in [6.45, 7) is 6.68. The Hall–Kier alpha value is -3.64. The third kappa shape index (κ3) is 8.70. The fourth-order valence-electron chi connectivity index (χ4n) is 5.96. The number of carboxylic acids is 1. The molecule has 0 fully saturated rings. The smallest absolute Gasteiger partial charge is 0.303 e. The highest BCUT2D eigenvalue weighted by Gasteiger charge is 2.28. The molecule has 0 aliphatic heterocycles. The number of furan rings is 1. The van der Waals surface area contributed by atoms with Crippen LogP contribution in [0.4, 0.5) is 5.69 Å². The SMILES string of the molecule is CC(C)N(C)C1CCc2oc3ccc(NC(=O)c4cccc5ccccc45)cc3c2C1.CCCCCCCCCC(=O)O. The lowest BCUT2D eigenvalue weighted by Gasteiger charge is -2.33. The third-order valence-corrected chi connectivity index (χ3v) is 8.70. The number of unbranched alkanes of at least 4 members (excludes halogenated alkanes) is 6. The van der Waals surface area contributed by atoms with Gasteiger partial charge in [-0.2, -0.15) is 0 Å². The molecule has 3 aromatic carbocycles. The van der Waals surface area contributed by atoms with Crippen molar-refractivity contribution in [2.75, 3.05) is 12.4 Å². The summed E-state index contributed by atoms with van der Waals surface area (Å²) in [7, 11) is 2.21. The Morgan fingerprint density at radius 1 is 0.953 bits per heavy atom. The van der Waals surface area contributed by atoms with Crippen molar-refractivity contribution in [2.45, 2.75) is 103 Å². The van der Waals surface area contributed by atoms with Gasteiger partial charge in [0.05, 0.1) is 0 Å². The second-order valence-electron chi connectivity index (χ2n) is 12.1. The number of nitrogens with one attached hydrogen (secondary N) is 1. The van der Waals surface area contributed by atoms with E-state index in [1.807, 2.05) is 54.6 Å². The van der Waals surface area contributed by atoms with Crippen LogP contribution in [0.1, 0.15) is 100 Å². The Morgan fingerprint density at radius 2 is 1.67 bits per heavy atom. The monoisotopic (exact) mass is 584 g/mol. The minimum Gasteiger partial charge on any atom is -0.481 e. The molecule has 0 saturated carbocycles. The number of hydrogen-bond donors (Lipinski definition) is 2. The molecule has 0 bridgehead atoms. The van der Waals surface area contributed by atoms with E-state index in [0.29, 0.717) is 24.1 Å². The molecule has 1 aliphatic rings. The summed E-state index contributed by atoms with van der Waals surface area (Å²) in [4.78, 5) is 25.7. The standard InChI is InChI=1S/C27H28N2O2.C10H20O2/c1-17(2)29(3)20-12-14-26-24(16-20)23-15-19(11-13-25(23)31-26)28-27(30)22-10-6-8-18-7-4-5-9-21(18)22;1-2-3-4-5-6-7-8-9-10(11)12/h4-11,13,15,17,20H,12,14,16H2,1-3H3,(H,28,30);2-9H2,1H3,(H,11,12). The second kappa shape index (κ2) is 15.7. The number of benzene rings is 3. The zero-order valence-electron chi connectivity index (χ0n) is 26.3. The number of anilines is 1. The Kier molecular flexibility index (Phi) is 11.8. The summed E-state index contributed by atoms with van der Waals surface area (Å²) in [6, 6.07) is 20.8. The van der Waals surface area contributed by atoms with Crippen LogP contribution in [0.25, 0.3) is 21.7 Å². The van der Waals surface area contributed by atoms with Crippen LogP contribution in [-0.2, 0) is 17.6 Å². The lowest BCUT2D eigenvalue weighted by Crippen LogP contribution is -2.40. The van der Waals surface area contributed by atoms with Gasteiger partial charge in [-0.1, -0.05) is 81.8 Å². The molecule has 4 aromatic rings. The second-order valence-corrected chi connectivity index (χ2v) is 12.1. The lowest BCUT2D eigenvalue weighted by atomic mass is 9.90. The van der Waals surface area contributed by atoms with E-state index in [0.717, 1.165) is 65.3 Å². The van der Waals surface area contributed by atoms with Crippen LogP contribution in [0.3, 0.4) is 0 Å². The quantitative estimate of drug-likeness (QED) is 0.162. The van der Waals surface area contributed by atoms with E-state index in [1.165, 1.54) is 37.7 Å². The van der Waals surface area contributed by atoms with E-state index < -0.39 is 5.97 Å². The number of amides is 1. The molecule has 1 aliphatic carbocycles. The van der Waals surface area contributed by atoms with Crippen LogP contribution in [-0.4, -0.2) is 41.0 Å². The van der Waals surface area contributed by atoms with Gasteiger partial charge in [-0.15, -0.1) is 0 Å². The molecule has 6 nitrogen and oxygen atoms in total. The molecule has 0 radical (unpaired) electrons. The average molecular weight is 585 g/mol. The fraction of sp³-hybridized carbons (Fsp3) is 0.459. The highest BCUT2D eigenvalue weighted by atomic mass is 16.4. The van der Waals surface area contributed by atoms with Gasteiger partial charge in [0.15, 0.2) is 0 Å². The molecular weight excluding hydrogens is 536 g/mol. The largest absolute Gasteiger partial charge is 0.481 e. The zero-order chi connectivity index (χ0) is 30.8.